The molecule has 0 radical (unpaired) electrons. The van der Waals surface area contributed by atoms with Crippen LogP contribution in [-0.4, -0.2) is 69.5 Å². The molecule has 2 aliphatic heterocycles. The molecule has 1 aromatic carbocycles. The Bertz CT molecular complexity index is 674. The zero-order chi connectivity index (χ0) is 20.5. The lowest BCUT2D eigenvalue weighted by molar-refractivity contribution is 0.0376. The van der Waals surface area contributed by atoms with Gasteiger partial charge in [0.1, 0.15) is 17.6 Å². The Kier molecular flexibility index (Phi) is 8.43. The number of benzene rings is 1. The predicted molar refractivity (Wildman–Crippen MR) is 116 cm³/mol. The molecule has 0 aliphatic carbocycles. The topological polar surface area (TPSA) is 67.4 Å². The van der Waals surface area contributed by atoms with Crippen LogP contribution >= 0.6 is 0 Å². The molecule has 1 fully saturated rings. The van der Waals surface area contributed by atoms with E-state index in [1.165, 1.54) is 5.56 Å². The predicted octanol–water partition coefficient (Wildman–Crippen LogP) is 2.19. The Labute approximate surface area is 174 Å². The highest BCUT2D eigenvalue weighted by molar-refractivity contribution is 5.79. The zero-order valence-corrected chi connectivity index (χ0v) is 18.1. The number of ether oxygens (including phenoxy) is 3. The van der Waals surface area contributed by atoms with Crippen LogP contribution in [0.2, 0.25) is 0 Å². The van der Waals surface area contributed by atoms with Gasteiger partial charge in [0, 0.05) is 43.7 Å². The van der Waals surface area contributed by atoms with E-state index in [4.69, 9.17) is 19.2 Å². The van der Waals surface area contributed by atoms with Crippen molar-refractivity contribution in [3.05, 3.63) is 23.3 Å². The van der Waals surface area contributed by atoms with E-state index in [9.17, 15) is 0 Å². The first-order valence-electron chi connectivity index (χ1n) is 11.0. The number of morpholine rings is 1. The van der Waals surface area contributed by atoms with Crippen LogP contribution in [0.3, 0.4) is 0 Å². The summed E-state index contributed by atoms with van der Waals surface area (Å²) in [6.07, 6.45) is 2.24. The number of aliphatic imine (C=N–C) groups is 1. The number of fused-ring (bicyclic) bond motifs is 1. The third kappa shape index (κ3) is 6.51. The van der Waals surface area contributed by atoms with Gasteiger partial charge in [-0.1, -0.05) is 0 Å². The minimum absolute atomic E-state index is 0.226. The van der Waals surface area contributed by atoms with Gasteiger partial charge in [0.2, 0.25) is 0 Å². The van der Waals surface area contributed by atoms with Gasteiger partial charge in [-0.25, -0.2) is 4.99 Å². The number of guanidine groups is 1. The average Bonchev–Trinajstić information content (AvgIpc) is 3.09. The van der Waals surface area contributed by atoms with Gasteiger partial charge in [-0.15, -0.1) is 0 Å². The van der Waals surface area contributed by atoms with Crippen molar-refractivity contribution in [2.45, 2.75) is 46.3 Å². The van der Waals surface area contributed by atoms with Gasteiger partial charge in [-0.05, 0) is 45.9 Å². The third-order valence-electron chi connectivity index (χ3n) is 5.18. The molecule has 2 aliphatic rings. The molecule has 29 heavy (non-hydrogen) atoms. The summed E-state index contributed by atoms with van der Waals surface area (Å²) in [5.74, 6) is 2.72. The molecule has 1 saturated heterocycles. The lowest BCUT2D eigenvalue weighted by atomic mass is 10.1. The van der Waals surface area contributed by atoms with Crippen LogP contribution in [-0.2, 0) is 17.7 Å². The van der Waals surface area contributed by atoms with Crippen LogP contribution < -0.4 is 20.1 Å². The number of nitrogens with zero attached hydrogens (tertiary/aromatic N) is 2. The molecule has 0 aromatic heterocycles. The van der Waals surface area contributed by atoms with Gasteiger partial charge in [0.15, 0.2) is 5.96 Å². The molecule has 162 valence electrons. The lowest BCUT2D eigenvalue weighted by Crippen LogP contribution is -2.40. The van der Waals surface area contributed by atoms with Crippen molar-refractivity contribution in [2.24, 2.45) is 4.99 Å². The molecule has 0 saturated carbocycles. The second kappa shape index (κ2) is 11.3. The van der Waals surface area contributed by atoms with Crippen molar-refractivity contribution in [1.82, 2.24) is 15.5 Å². The van der Waals surface area contributed by atoms with Crippen molar-refractivity contribution < 1.29 is 14.2 Å². The van der Waals surface area contributed by atoms with Crippen LogP contribution in [0.1, 0.15) is 38.3 Å². The highest BCUT2D eigenvalue weighted by Crippen LogP contribution is 2.35. The fourth-order valence-electron chi connectivity index (χ4n) is 3.74. The number of hydrogen-bond acceptors (Lipinski definition) is 5. The maximum atomic E-state index is 5.92. The van der Waals surface area contributed by atoms with Crippen molar-refractivity contribution in [3.8, 4) is 11.5 Å². The number of rotatable bonds is 9. The van der Waals surface area contributed by atoms with Crippen LogP contribution in [0, 0.1) is 0 Å². The summed E-state index contributed by atoms with van der Waals surface area (Å²) in [5, 5.41) is 6.79. The van der Waals surface area contributed by atoms with E-state index in [0.717, 1.165) is 81.8 Å². The summed E-state index contributed by atoms with van der Waals surface area (Å²) in [7, 11) is 0. The van der Waals surface area contributed by atoms with Gasteiger partial charge in [-0.2, -0.15) is 0 Å². The first kappa shape index (κ1) is 21.7. The summed E-state index contributed by atoms with van der Waals surface area (Å²) in [5.41, 5.74) is 2.28. The molecule has 1 aromatic rings. The highest BCUT2D eigenvalue weighted by Gasteiger charge is 2.21. The van der Waals surface area contributed by atoms with Gasteiger partial charge < -0.3 is 24.8 Å². The molecule has 2 heterocycles. The molecule has 1 unspecified atom stereocenters. The molecule has 2 N–H and O–H groups in total. The SMILES string of the molecule is CCNC(=NCc1cc2c(cc1OCC)CC(C)O2)NCCCN1CCOCC1. The zero-order valence-electron chi connectivity index (χ0n) is 18.1. The minimum Gasteiger partial charge on any atom is -0.494 e. The highest BCUT2D eigenvalue weighted by atomic mass is 16.5. The van der Waals surface area contributed by atoms with Crippen LogP contribution in [0.25, 0.3) is 0 Å². The van der Waals surface area contributed by atoms with Gasteiger partial charge in [-0.3, -0.25) is 4.90 Å². The van der Waals surface area contributed by atoms with E-state index in [1.54, 1.807) is 0 Å². The van der Waals surface area contributed by atoms with E-state index < -0.39 is 0 Å². The van der Waals surface area contributed by atoms with Crippen LogP contribution in [0.15, 0.2) is 17.1 Å². The Hall–Kier alpha value is -1.99. The molecule has 3 rings (SSSR count). The lowest BCUT2D eigenvalue weighted by Gasteiger charge is -2.26. The van der Waals surface area contributed by atoms with E-state index in [2.05, 4.69) is 41.5 Å². The normalized spacial score (nSPS) is 19.6. The molecule has 0 spiro atoms. The number of hydrogen-bond donors (Lipinski definition) is 2. The molecule has 0 amide bonds. The van der Waals surface area contributed by atoms with Crippen molar-refractivity contribution in [1.29, 1.82) is 0 Å². The Balaban J connectivity index is 1.56. The largest absolute Gasteiger partial charge is 0.494 e. The third-order valence-corrected chi connectivity index (χ3v) is 5.18. The Morgan fingerprint density at radius 3 is 2.83 bits per heavy atom. The smallest absolute Gasteiger partial charge is 0.191 e. The fraction of sp³-hybridized carbons (Fsp3) is 0.682. The standard InChI is InChI=1S/C22H36N4O3/c1-4-23-22(24-7-6-8-26-9-11-27-12-10-26)25-16-19-15-21-18(13-17(3)29-21)14-20(19)28-5-2/h14-15,17H,4-13,16H2,1-3H3,(H2,23,24,25). The Morgan fingerprint density at radius 2 is 2.07 bits per heavy atom. The van der Waals surface area contributed by atoms with Gasteiger partial charge in [0.25, 0.3) is 0 Å². The molecule has 1 atom stereocenters. The quantitative estimate of drug-likeness (QED) is 0.374. The second-order valence-corrected chi connectivity index (χ2v) is 7.56. The van der Waals surface area contributed by atoms with Crippen molar-refractivity contribution in [2.75, 3.05) is 52.5 Å². The summed E-state index contributed by atoms with van der Waals surface area (Å²) in [4.78, 5) is 7.23. The van der Waals surface area contributed by atoms with E-state index in [1.807, 2.05) is 6.92 Å². The monoisotopic (exact) mass is 404 g/mol. The Morgan fingerprint density at radius 1 is 1.24 bits per heavy atom. The molecule has 7 nitrogen and oxygen atoms in total. The fourth-order valence-corrected chi connectivity index (χ4v) is 3.74. The van der Waals surface area contributed by atoms with Gasteiger partial charge >= 0.3 is 0 Å². The van der Waals surface area contributed by atoms with Crippen LogP contribution in [0.4, 0.5) is 0 Å². The summed E-state index contributed by atoms with van der Waals surface area (Å²) < 4.78 is 17.2. The first-order valence-corrected chi connectivity index (χ1v) is 11.0. The summed E-state index contributed by atoms with van der Waals surface area (Å²) in [6, 6.07) is 4.21. The van der Waals surface area contributed by atoms with Crippen molar-refractivity contribution in [3.63, 3.8) is 0 Å². The van der Waals surface area contributed by atoms with E-state index in [-0.39, 0.29) is 6.10 Å². The average molecular weight is 405 g/mol. The van der Waals surface area contributed by atoms with E-state index in [0.29, 0.717) is 13.2 Å². The molecule has 7 heteroatoms. The second-order valence-electron chi connectivity index (χ2n) is 7.56. The molecular formula is C22H36N4O3. The summed E-state index contributed by atoms with van der Waals surface area (Å²) >= 11 is 0. The molecule has 0 bridgehead atoms. The molecular weight excluding hydrogens is 368 g/mol. The van der Waals surface area contributed by atoms with Crippen LogP contribution in [0.5, 0.6) is 11.5 Å². The minimum atomic E-state index is 0.226. The van der Waals surface area contributed by atoms with E-state index >= 15 is 0 Å². The van der Waals surface area contributed by atoms with Gasteiger partial charge in [0.05, 0.1) is 26.4 Å². The number of nitrogens with one attached hydrogen (secondary N) is 2. The maximum absolute atomic E-state index is 5.92. The first-order chi connectivity index (χ1) is 14.2. The summed E-state index contributed by atoms with van der Waals surface area (Å²) in [6.45, 7) is 14.0. The maximum Gasteiger partial charge on any atom is 0.191 e. The van der Waals surface area contributed by atoms with Crippen molar-refractivity contribution >= 4 is 5.96 Å².